The van der Waals surface area contributed by atoms with Crippen LogP contribution in [0.2, 0.25) is 0 Å². The van der Waals surface area contributed by atoms with Crippen molar-refractivity contribution in [3.8, 4) is 17.2 Å². The predicted molar refractivity (Wildman–Crippen MR) is 96.2 cm³/mol. The van der Waals surface area contributed by atoms with Gasteiger partial charge in [-0.2, -0.15) is 0 Å². The van der Waals surface area contributed by atoms with Gasteiger partial charge < -0.3 is 50.3 Å². The maximum atomic E-state index is 13.0. The monoisotopic (exact) mass is 424 g/mol. The molecular weight excluding hydrogens is 404 g/mol. The summed E-state index contributed by atoms with van der Waals surface area (Å²) in [5.74, 6) is -4.42. The summed E-state index contributed by atoms with van der Waals surface area (Å²) < 4.78 is 10.9. The molecule has 0 amide bonds. The first-order valence-corrected chi connectivity index (χ1v) is 9.07. The minimum absolute atomic E-state index is 0.205. The van der Waals surface area contributed by atoms with E-state index in [1.165, 1.54) is 0 Å². The normalized spacial score (nSPS) is 35.6. The first-order valence-electron chi connectivity index (χ1n) is 9.07. The van der Waals surface area contributed by atoms with Gasteiger partial charge in [0.15, 0.2) is 17.3 Å². The fourth-order valence-electron chi connectivity index (χ4n) is 3.94. The van der Waals surface area contributed by atoms with Crippen LogP contribution in [0.15, 0.2) is 29.7 Å². The zero-order chi connectivity index (χ0) is 21.9. The number of phenols is 2. The second-order valence-corrected chi connectivity index (χ2v) is 7.36. The summed E-state index contributed by atoms with van der Waals surface area (Å²) in [5.41, 5.74) is -0.802. The zero-order valence-electron chi connectivity index (χ0n) is 15.3. The molecule has 2 aliphatic heterocycles. The Morgan fingerprint density at radius 2 is 1.60 bits per heavy atom. The highest BCUT2D eigenvalue weighted by Crippen LogP contribution is 2.49. The highest BCUT2D eigenvalue weighted by molar-refractivity contribution is 6.06. The molecule has 1 aromatic rings. The second kappa shape index (κ2) is 7.15. The number of aliphatic hydroxyl groups is 6. The summed E-state index contributed by atoms with van der Waals surface area (Å²) in [7, 11) is 0. The van der Waals surface area contributed by atoms with Gasteiger partial charge in [0.1, 0.15) is 59.4 Å². The number of carbonyl (C=O) groups is 1. The maximum absolute atomic E-state index is 13.0. The maximum Gasteiger partial charge on any atom is 0.181 e. The summed E-state index contributed by atoms with van der Waals surface area (Å²) >= 11 is 0. The van der Waals surface area contributed by atoms with Crippen LogP contribution in [0.25, 0.3) is 0 Å². The van der Waals surface area contributed by atoms with Crippen LogP contribution >= 0.6 is 0 Å². The van der Waals surface area contributed by atoms with Crippen molar-refractivity contribution in [3.63, 3.8) is 0 Å². The van der Waals surface area contributed by atoms with E-state index in [0.29, 0.717) is 0 Å². The van der Waals surface area contributed by atoms with E-state index in [9.17, 15) is 45.6 Å². The fraction of sp³-hybridized carbons (Fsp3) is 0.421. The van der Waals surface area contributed by atoms with E-state index in [2.05, 4.69) is 0 Å². The Kier molecular flexibility index (Phi) is 4.87. The molecule has 162 valence electrons. The lowest BCUT2D eigenvalue weighted by Gasteiger charge is -2.41. The SMILES string of the molecule is O=C1c2c(cc(O)c(C3OC(CO)C(O)[C@H](O)[C@H]3O)c2O)OC2C=C(O)C(O)=CC12. The summed E-state index contributed by atoms with van der Waals surface area (Å²) in [6.45, 7) is -0.723. The number of ether oxygens (including phenoxy) is 2. The molecule has 1 aliphatic carbocycles. The third-order valence-corrected chi connectivity index (χ3v) is 5.55. The van der Waals surface area contributed by atoms with Crippen LogP contribution in [-0.4, -0.2) is 83.8 Å². The van der Waals surface area contributed by atoms with Crippen LogP contribution in [0.4, 0.5) is 0 Å². The van der Waals surface area contributed by atoms with E-state index in [0.717, 1.165) is 18.2 Å². The van der Waals surface area contributed by atoms with E-state index in [-0.39, 0.29) is 11.3 Å². The Morgan fingerprint density at radius 3 is 2.27 bits per heavy atom. The van der Waals surface area contributed by atoms with E-state index >= 15 is 0 Å². The van der Waals surface area contributed by atoms with Gasteiger partial charge >= 0.3 is 0 Å². The summed E-state index contributed by atoms with van der Waals surface area (Å²) in [5, 5.41) is 80.1. The van der Waals surface area contributed by atoms with Gasteiger partial charge in [0.2, 0.25) is 0 Å². The average Bonchev–Trinajstić information content (AvgIpc) is 2.69. The summed E-state index contributed by atoms with van der Waals surface area (Å²) in [6.07, 6.45) is -6.92. The quantitative estimate of drug-likeness (QED) is 0.292. The third-order valence-electron chi connectivity index (χ3n) is 5.55. The smallest absolute Gasteiger partial charge is 0.181 e. The molecule has 11 nitrogen and oxygen atoms in total. The topological polar surface area (TPSA) is 197 Å². The zero-order valence-corrected chi connectivity index (χ0v) is 15.3. The van der Waals surface area contributed by atoms with Crippen LogP contribution in [0.1, 0.15) is 22.0 Å². The number of Topliss-reactive ketones (excluding diaryl/α,β-unsaturated/α-hetero) is 1. The van der Waals surface area contributed by atoms with Crippen molar-refractivity contribution in [2.24, 2.45) is 5.92 Å². The Bertz CT molecular complexity index is 950. The van der Waals surface area contributed by atoms with Gasteiger partial charge in [-0.1, -0.05) is 0 Å². The van der Waals surface area contributed by atoms with Crippen LogP contribution in [0, 0.1) is 5.92 Å². The molecule has 0 bridgehead atoms. The van der Waals surface area contributed by atoms with E-state index < -0.39 is 83.5 Å². The van der Waals surface area contributed by atoms with Gasteiger partial charge in [-0.05, 0) is 6.08 Å². The minimum atomic E-state index is -1.80. The van der Waals surface area contributed by atoms with Gasteiger partial charge in [-0.25, -0.2) is 0 Å². The number of aliphatic hydroxyl groups excluding tert-OH is 6. The number of benzene rings is 1. The third kappa shape index (κ3) is 2.90. The number of ketones is 1. The Labute approximate surface area is 169 Å². The minimum Gasteiger partial charge on any atom is -0.507 e. The molecule has 5 unspecified atom stereocenters. The molecule has 0 saturated carbocycles. The molecule has 0 radical (unpaired) electrons. The average molecular weight is 424 g/mol. The molecule has 4 rings (SSSR count). The Hall–Kier alpha value is -2.83. The van der Waals surface area contributed by atoms with E-state index in [1.54, 1.807) is 0 Å². The van der Waals surface area contributed by atoms with Gasteiger partial charge in [0, 0.05) is 12.1 Å². The van der Waals surface area contributed by atoms with Crippen molar-refractivity contribution in [1.82, 2.24) is 0 Å². The van der Waals surface area contributed by atoms with Gasteiger partial charge in [-0.15, -0.1) is 0 Å². The van der Waals surface area contributed by atoms with Crippen LogP contribution < -0.4 is 4.74 Å². The van der Waals surface area contributed by atoms with Gasteiger partial charge in [0.05, 0.1) is 18.1 Å². The molecule has 0 aromatic heterocycles. The number of hydrogen-bond donors (Lipinski definition) is 8. The van der Waals surface area contributed by atoms with Crippen molar-refractivity contribution < 1.29 is 55.1 Å². The van der Waals surface area contributed by atoms with Crippen LogP contribution in [-0.2, 0) is 4.74 Å². The van der Waals surface area contributed by atoms with E-state index in [4.69, 9.17) is 9.47 Å². The number of phenolic OH excluding ortho intramolecular Hbond substituents is 2. The number of hydrogen-bond acceptors (Lipinski definition) is 11. The molecule has 8 N–H and O–H groups in total. The first-order chi connectivity index (χ1) is 14.1. The number of carbonyl (C=O) groups excluding carboxylic acids is 1. The standard InChI is InChI=1S/C19H20O11/c20-4-11-15(25)17(27)18(28)19(30-11)12-8(23)3-10-13(16(12)26)14(24)5-1-6(21)7(22)2-9(5)29-10/h1-3,5,9,11,15,17-23,25-28H,4H2/t5?,9?,11?,15?,17-,18+,19?/m0/s1. The number of aromatic hydroxyl groups is 2. The van der Waals surface area contributed by atoms with E-state index in [1.807, 2.05) is 0 Å². The first kappa shape index (κ1) is 20.4. The molecule has 2 heterocycles. The van der Waals surface area contributed by atoms with Crippen LogP contribution in [0.3, 0.4) is 0 Å². The van der Waals surface area contributed by atoms with Gasteiger partial charge in [0.25, 0.3) is 0 Å². The second-order valence-electron chi connectivity index (χ2n) is 7.36. The van der Waals surface area contributed by atoms with Crippen molar-refractivity contribution in [1.29, 1.82) is 0 Å². The van der Waals surface area contributed by atoms with Crippen molar-refractivity contribution in [2.45, 2.75) is 36.6 Å². The molecule has 11 heteroatoms. The number of fused-ring (bicyclic) bond motifs is 2. The molecule has 30 heavy (non-hydrogen) atoms. The Morgan fingerprint density at radius 1 is 0.933 bits per heavy atom. The predicted octanol–water partition coefficient (Wildman–Crippen LogP) is -0.930. The molecule has 1 saturated heterocycles. The largest absolute Gasteiger partial charge is 0.507 e. The molecule has 0 spiro atoms. The summed E-state index contributed by atoms with van der Waals surface area (Å²) in [6, 6.07) is 1.00. The molecular formula is C19H20O11. The molecule has 3 aliphatic rings. The number of rotatable bonds is 2. The lowest BCUT2D eigenvalue weighted by atomic mass is 9.83. The fourth-order valence-corrected chi connectivity index (χ4v) is 3.94. The highest BCUT2D eigenvalue weighted by Gasteiger charge is 2.48. The highest BCUT2D eigenvalue weighted by atomic mass is 16.5. The molecule has 7 atom stereocenters. The lowest BCUT2D eigenvalue weighted by Crippen LogP contribution is -2.55. The molecule has 1 aromatic carbocycles. The van der Waals surface area contributed by atoms with Crippen LogP contribution in [0.5, 0.6) is 17.2 Å². The molecule has 1 fully saturated rings. The Balaban J connectivity index is 1.80. The van der Waals surface area contributed by atoms with Crippen molar-refractivity contribution >= 4 is 5.78 Å². The van der Waals surface area contributed by atoms with Gasteiger partial charge in [-0.3, -0.25) is 4.79 Å². The van der Waals surface area contributed by atoms with Crippen molar-refractivity contribution in [2.75, 3.05) is 6.61 Å². The van der Waals surface area contributed by atoms with Crippen molar-refractivity contribution in [3.05, 3.63) is 40.9 Å². The summed E-state index contributed by atoms with van der Waals surface area (Å²) in [4.78, 5) is 13.0. The lowest BCUT2D eigenvalue weighted by molar-refractivity contribution is -0.232.